The monoisotopic (exact) mass is 358 g/mol. The second-order valence-corrected chi connectivity index (χ2v) is 7.60. The minimum atomic E-state index is -0.176. The second kappa shape index (κ2) is 8.56. The lowest BCUT2D eigenvalue weighted by molar-refractivity contribution is -0.134. The van der Waals surface area contributed by atoms with Crippen LogP contribution in [0, 0.1) is 5.92 Å². The van der Waals surface area contributed by atoms with Crippen molar-refractivity contribution >= 4 is 11.8 Å². The maximum atomic E-state index is 12.8. The molecule has 0 radical (unpaired) electrons. The maximum absolute atomic E-state index is 12.8. The highest BCUT2D eigenvalue weighted by molar-refractivity contribution is 5.89. The molecule has 142 valence electrons. The molecule has 1 saturated heterocycles. The fraction of sp³-hybridized carbons (Fsp3) is 0.619. The number of likely N-dealkylation sites (tertiary alicyclic amines) is 1. The molecule has 1 aromatic carbocycles. The molecule has 0 aromatic heterocycles. The lowest BCUT2D eigenvalue weighted by Crippen LogP contribution is -2.40. The molecule has 0 N–H and O–H groups in total. The molecule has 1 aliphatic carbocycles. The van der Waals surface area contributed by atoms with Crippen LogP contribution in [-0.2, 0) is 16.0 Å². The van der Waals surface area contributed by atoms with Gasteiger partial charge in [-0.3, -0.25) is 9.59 Å². The Morgan fingerprint density at radius 1 is 1.19 bits per heavy atom. The van der Waals surface area contributed by atoms with E-state index in [1.165, 1.54) is 24.8 Å². The predicted molar refractivity (Wildman–Crippen MR) is 101 cm³/mol. The number of likely N-dealkylation sites (N-methyl/N-ethyl adjacent to an activating group) is 1. The SMILES string of the molecule is COc1ccc(CCN(C)C(=O)C2CC(=O)N(C3CCCCC3)C2)cc1. The van der Waals surface area contributed by atoms with E-state index in [-0.39, 0.29) is 17.7 Å². The molecule has 26 heavy (non-hydrogen) atoms. The zero-order valence-electron chi connectivity index (χ0n) is 15.9. The van der Waals surface area contributed by atoms with Gasteiger partial charge in [0.25, 0.3) is 0 Å². The first kappa shape index (κ1) is 18.7. The van der Waals surface area contributed by atoms with Crippen LogP contribution in [0.3, 0.4) is 0 Å². The van der Waals surface area contributed by atoms with Gasteiger partial charge in [-0.05, 0) is 37.0 Å². The molecule has 2 amide bonds. The number of nitrogens with zero attached hydrogens (tertiary/aromatic N) is 2. The van der Waals surface area contributed by atoms with Gasteiger partial charge < -0.3 is 14.5 Å². The summed E-state index contributed by atoms with van der Waals surface area (Å²) >= 11 is 0. The molecule has 2 aliphatic rings. The Morgan fingerprint density at radius 3 is 2.54 bits per heavy atom. The summed E-state index contributed by atoms with van der Waals surface area (Å²) in [6.07, 6.45) is 7.06. The first-order chi connectivity index (χ1) is 12.6. The van der Waals surface area contributed by atoms with Gasteiger partial charge in [0.15, 0.2) is 0 Å². The fourth-order valence-electron chi connectivity index (χ4n) is 4.15. The van der Waals surface area contributed by atoms with E-state index in [9.17, 15) is 9.59 Å². The van der Waals surface area contributed by atoms with Crippen LogP contribution in [0.4, 0.5) is 0 Å². The molecule has 3 rings (SSSR count). The largest absolute Gasteiger partial charge is 0.497 e. The summed E-state index contributed by atoms with van der Waals surface area (Å²) in [5.41, 5.74) is 1.18. The Balaban J connectivity index is 1.50. The van der Waals surface area contributed by atoms with Crippen molar-refractivity contribution in [2.24, 2.45) is 5.92 Å². The van der Waals surface area contributed by atoms with E-state index < -0.39 is 0 Å². The zero-order chi connectivity index (χ0) is 18.5. The third-order valence-corrected chi connectivity index (χ3v) is 5.79. The normalized spacial score (nSPS) is 21.1. The zero-order valence-corrected chi connectivity index (χ0v) is 15.9. The van der Waals surface area contributed by atoms with Crippen molar-refractivity contribution in [3.05, 3.63) is 29.8 Å². The first-order valence-electron chi connectivity index (χ1n) is 9.76. The van der Waals surface area contributed by atoms with Gasteiger partial charge in [-0.2, -0.15) is 0 Å². The van der Waals surface area contributed by atoms with E-state index in [0.29, 0.717) is 25.6 Å². The maximum Gasteiger partial charge on any atom is 0.227 e. The number of hydrogen-bond acceptors (Lipinski definition) is 3. The number of rotatable bonds is 6. The molecule has 5 nitrogen and oxygen atoms in total. The Kier molecular flexibility index (Phi) is 6.17. The van der Waals surface area contributed by atoms with Crippen LogP contribution >= 0.6 is 0 Å². The molecule has 1 atom stereocenters. The highest BCUT2D eigenvalue weighted by Gasteiger charge is 2.38. The Hall–Kier alpha value is -2.04. The number of hydrogen-bond donors (Lipinski definition) is 0. The van der Waals surface area contributed by atoms with E-state index in [2.05, 4.69) is 0 Å². The summed E-state index contributed by atoms with van der Waals surface area (Å²) < 4.78 is 5.17. The van der Waals surface area contributed by atoms with Crippen LogP contribution < -0.4 is 4.74 Å². The third kappa shape index (κ3) is 4.37. The molecule has 1 saturated carbocycles. The number of carbonyl (C=O) groups excluding carboxylic acids is 2. The number of carbonyl (C=O) groups is 2. The van der Waals surface area contributed by atoms with Crippen LogP contribution in [0.5, 0.6) is 5.75 Å². The Bertz CT molecular complexity index is 623. The molecule has 0 spiro atoms. The fourth-order valence-corrected chi connectivity index (χ4v) is 4.15. The van der Waals surface area contributed by atoms with Crippen LogP contribution in [0.15, 0.2) is 24.3 Å². The number of benzene rings is 1. The van der Waals surface area contributed by atoms with E-state index in [1.54, 1.807) is 12.0 Å². The van der Waals surface area contributed by atoms with E-state index >= 15 is 0 Å². The van der Waals surface area contributed by atoms with Crippen molar-refractivity contribution in [1.29, 1.82) is 0 Å². The minimum Gasteiger partial charge on any atom is -0.497 e. The van der Waals surface area contributed by atoms with Gasteiger partial charge in [-0.15, -0.1) is 0 Å². The summed E-state index contributed by atoms with van der Waals surface area (Å²) in [4.78, 5) is 28.9. The molecule has 2 fully saturated rings. The number of methoxy groups -OCH3 is 1. The van der Waals surface area contributed by atoms with Gasteiger partial charge in [0.2, 0.25) is 11.8 Å². The highest BCUT2D eigenvalue weighted by Crippen LogP contribution is 2.29. The molecule has 0 bridgehead atoms. The third-order valence-electron chi connectivity index (χ3n) is 5.79. The lowest BCUT2D eigenvalue weighted by atomic mass is 9.94. The van der Waals surface area contributed by atoms with Crippen molar-refractivity contribution in [3.63, 3.8) is 0 Å². The molecule has 1 aromatic rings. The van der Waals surface area contributed by atoms with Crippen LogP contribution in [0.2, 0.25) is 0 Å². The summed E-state index contributed by atoms with van der Waals surface area (Å²) in [6, 6.07) is 8.30. The van der Waals surface area contributed by atoms with Crippen LogP contribution in [0.1, 0.15) is 44.1 Å². The lowest BCUT2D eigenvalue weighted by Gasteiger charge is -2.31. The van der Waals surface area contributed by atoms with E-state index in [1.807, 2.05) is 36.2 Å². The van der Waals surface area contributed by atoms with Crippen molar-refractivity contribution in [2.75, 3.05) is 27.2 Å². The molecule has 1 heterocycles. The average molecular weight is 358 g/mol. The summed E-state index contributed by atoms with van der Waals surface area (Å²) in [5.74, 6) is 0.930. The van der Waals surface area contributed by atoms with Crippen LogP contribution in [-0.4, -0.2) is 54.9 Å². The first-order valence-corrected chi connectivity index (χ1v) is 9.76. The van der Waals surface area contributed by atoms with Crippen molar-refractivity contribution in [3.8, 4) is 5.75 Å². The summed E-state index contributed by atoms with van der Waals surface area (Å²) in [7, 11) is 3.50. The minimum absolute atomic E-state index is 0.102. The van der Waals surface area contributed by atoms with Gasteiger partial charge in [-0.1, -0.05) is 31.4 Å². The molecular formula is C21H30N2O3. The summed E-state index contributed by atoms with van der Waals surface area (Å²) in [6.45, 7) is 1.27. The van der Waals surface area contributed by atoms with Gasteiger partial charge in [0.05, 0.1) is 13.0 Å². The van der Waals surface area contributed by atoms with Gasteiger partial charge in [0, 0.05) is 32.6 Å². The average Bonchev–Trinajstić information content (AvgIpc) is 3.08. The Labute approximate surface area is 156 Å². The van der Waals surface area contributed by atoms with E-state index in [0.717, 1.165) is 25.0 Å². The predicted octanol–water partition coefficient (Wildman–Crippen LogP) is 2.88. The second-order valence-electron chi connectivity index (χ2n) is 7.60. The van der Waals surface area contributed by atoms with Crippen molar-refractivity contribution in [1.82, 2.24) is 9.80 Å². The van der Waals surface area contributed by atoms with Gasteiger partial charge in [0.1, 0.15) is 5.75 Å². The topological polar surface area (TPSA) is 49.9 Å². The number of amides is 2. The number of ether oxygens (including phenoxy) is 1. The molecule has 5 heteroatoms. The molecule has 1 unspecified atom stereocenters. The van der Waals surface area contributed by atoms with Crippen molar-refractivity contribution in [2.45, 2.75) is 51.0 Å². The smallest absolute Gasteiger partial charge is 0.227 e. The van der Waals surface area contributed by atoms with Gasteiger partial charge in [-0.25, -0.2) is 0 Å². The summed E-state index contributed by atoms with van der Waals surface area (Å²) in [5, 5.41) is 0. The van der Waals surface area contributed by atoms with Gasteiger partial charge >= 0.3 is 0 Å². The highest BCUT2D eigenvalue weighted by atomic mass is 16.5. The van der Waals surface area contributed by atoms with Crippen LogP contribution in [0.25, 0.3) is 0 Å². The standard InChI is InChI=1S/C21H30N2O3/c1-22(13-12-16-8-10-19(26-2)11-9-16)21(25)17-14-20(24)23(15-17)18-6-4-3-5-7-18/h8-11,17-18H,3-7,12-15H2,1-2H3. The molecule has 1 aliphatic heterocycles. The molecular weight excluding hydrogens is 328 g/mol. The van der Waals surface area contributed by atoms with E-state index in [4.69, 9.17) is 4.74 Å². The van der Waals surface area contributed by atoms with Crippen molar-refractivity contribution < 1.29 is 14.3 Å². The quantitative estimate of drug-likeness (QED) is 0.786. The Morgan fingerprint density at radius 2 is 1.88 bits per heavy atom.